The molecule has 0 spiro atoms. The molecule has 0 radical (unpaired) electrons. The summed E-state index contributed by atoms with van der Waals surface area (Å²) in [5.74, 6) is 0. The molecule has 0 saturated carbocycles. The molecule has 1 aliphatic heterocycles. The second-order valence-corrected chi connectivity index (χ2v) is 8.37. The lowest BCUT2D eigenvalue weighted by atomic mass is 10.1. The number of nitrogens with zero attached hydrogens (tertiary/aromatic N) is 1. The first kappa shape index (κ1) is 19.4. The zero-order valence-corrected chi connectivity index (χ0v) is 15.5. The maximum absolute atomic E-state index is 13.1. The Morgan fingerprint density at radius 3 is 2.42 bits per heavy atom. The van der Waals surface area contributed by atoms with Crippen LogP contribution in [0, 0.1) is 6.92 Å². The van der Waals surface area contributed by atoms with Crippen molar-refractivity contribution < 1.29 is 18.3 Å². The first-order chi connectivity index (χ1) is 11.5. The summed E-state index contributed by atoms with van der Waals surface area (Å²) >= 11 is 0. The van der Waals surface area contributed by atoms with Crippen molar-refractivity contribution in [2.45, 2.75) is 62.9 Å². The molecule has 0 aliphatic carbocycles. The van der Waals surface area contributed by atoms with Crippen LogP contribution in [0.1, 0.15) is 44.6 Å². The molecular weight excluding hydrogens is 326 g/mol. The third kappa shape index (κ3) is 4.57. The van der Waals surface area contributed by atoms with Crippen LogP contribution in [0.3, 0.4) is 0 Å². The van der Waals surface area contributed by atoms with Crippen molar-refractivity contribution in [1.29, 1.82) is 0 Å². The molecule has 2 rings (SSSR count). The van der Waals surface area contributed by atoms with Crippen molar-refractivity contribution in [3.63, 3.8) is 0 Å². The van der Waals surface area contributed by atoms with E-state index in [2.05, 4.69) is 6.92 Å². The quantitative estimate of drug-likeness (QED) is 0.728. The van der Waals surface area contributed by atoms with Gasteiger partial charge in [-0.1, -0.05) is 50.3 Å². The highest BCUT2D eigenvalue weighted by Crippen LogP contribution is 2.27. The Morgan fingerprint density at radius 1 is 1.12 bits per heavy atom. The number of rotatable bonds is 8. The number of unbranched alkanes of at least 4 members (excludes halogenated alkanes) is 3. The third-order valence-corrected chi connectivity index (χ3v) is 6.56. The molecule has 0 aromatic heterocycles. The molecule has 1 fully saturated rings. The maximum Gasteiger partial charge on any atom is 0.243 e. The van der Waals surface area contributed by atoms with Gasteiger partial charge in [-0.05, 0) is 25.5 Å². The van der Waals surface area contributed by atoms with Crippen molar-refractivity contribution >= 4 is 10.0 Å². The molecule has 136 valence electrons. The first-order valence-corrected chi connectivity index (χ1v) is 10.2. The number of aliphatic hydroxyl groups is 1. The number of benzene rings is 1. The van der Waals surface area contributed by atoms with Gasteiger partial charge in [-0.25, -0.2) is 8.42 Å². The van der Waals surface area contributed by atoms with Gasteiger partial charge in [0.05, 0.1) is 30.8 Å². The van der Waals surface area contributed by atoms with Crippen LogP contribution in [0.25, 0.3) is 0 Å². The SMILES string of the molecule is CCCCCC[C@H]1COC[C@@H](CO)N1S(=O)(=O)c1ccc(C)cc1. The summed E-state index contributed by atoms with van der Waals surface area (Å²) in [4.78, 5) is 0.284. The van der Waals surface area contributed by atoms with Crippen molar-refractivity contribution in [3.8, 4) is 0 Å². The molecule has 1 aromatic rings. The lowest BCUT2D eigenvalue weighted by Gasteiger charge is -2.40. The molecule has 0 amide bonds. The van der Waals surface area contributed by atoms with Crippen molar-refractivity contribution in [1.82, 2.24) is 4.31 Å². The van der Waals surface area contributed by atoms with Gasteiger partial charge in [-0.15, -0.1) is 0 Å². The summed E-state index contributed by atoms with van der Waals surface area (Å²) in [6.45, 7) is 4.50. The lowest BCUT2D eigenvalue weighted by molar-refractivity contribution is -0.0266. The van der Waals surface area contributed by atoms with Gasteiger partial charge >= 0.3 is 0 Å². The summed E-state index contributed by atoms with van der Waals surface area (Å²) in [7, 11) is -3.64. The normalized spacial score (nSPS) is 22.6. The van der Waals surface area contributed by atoms with Gasteiger partial charge in [0.15, 0.2) is 0 Å². The predicted molar refractivity (Wildman–Crippen MR) is 94.4 cm³/mol. The number of sulfonamides is 1. The van der Waals surface area contributed by atoms with Crippen LogP contribution in [0.15, 0.2) is 29.2 Å². The van der Waals surface area contributed by atoms with E-state index in [0.717, 1.165) is 37.7 Å². The number of ether oxygens (including phenoxy) is 1. The summed E-state index contributed by atoms with van der Waals surface area (Å²) in [5, 5.41) is 9.66. The minimum Gasteiger partial charge on any atom is -0.395 e. The van der Waals surface area contributed by atoms with E-state index in [9.17, 15) is 13.5 Å². The van der Waals surface area contributed by atoms with Crippen LogP contribution in [0.4, 0.5) is 0 Å². The van der Waals surface area contributed by atoms with E-state index in [0.29, 0.717) is 6.61 Å². The second-order valence-electron chi connectivity index (χ2n) is 6.53. The van der Waals surface area contributed by atoms with Gasteiger partial charge in [0, 0.05) is 6.04 Å². The third-order valence-electron chi connectivity index (χ3n) is 4.54. The van der Waals surface area contributed by atoms with Gasteiger partial charge in [0.25, 0.3) is 0 Å². The molecule has 1 aliphatic rings. The molecule has 2 atom stereocenters. The molecule has 1 N–H and O–H groups in total. The fourth-order valence-corrected chi connectivity index (χ4v) is 4.96. The smallest absolute Gasteiger partial charge is 0.243 e. The Labute approximate surface area is 145 Å². The maximum atomic E-state index is 13.1. The molecule has 6 heteroatoms. The first-order valence-electron chi connectivity index (χ1n) is 8.79. The highest BCUT2D eigenvalue weighted by molar-refractivity contribution is 7.89. The topological polar surface area (TPSA) is 66.8 Å². The van der Waals surface area contributed by atoms with Gasteiger partial charge in [0.1, 0.15) is 0 Å². The van der Waals surface area contributed by atoms with Gasteiger partial charge in [0.2, 0.25) is 10.0 Å². The standard InChI is InChI=1S/C18H29NO4S/c1-3-4-5-6-7-16-13-23-14-17(12-20)19(16)24(21,22)18-10-8-15(2)9-11-18/h8-11,16-17,20H,3-7,12-14H2,1-2H3/t16-,17+/m0/s1. The largest absolute Gasteiger partial charge is 0.395 e. The highest BCUT2D eigenvalue weighted by Gasteiger charge is 2.39. The summed E-state index contributed by atoms with van der Waals surface area (Å²) in [6, 6.07) is 6.17. The van der Waals surface area contributed by atoms with E-state index < -0.39 is 16.1 Å². The molecule has 5 nitrogen and oxygen atoms in total. The molecule has 0 unspecified atom stereocenters. The van der Waals surface area contributed by atoms with Crippen LogP contribution in [-0.2, 0) is 14.8 Å². The Balaban J connectivity index is 2.22. The van der Waals surface area contributed by atoms with Gasteiger partial charge < -0.3 is 9.84 Å². The minimum atomic E-state index is -3.64. The van der Waals surface area contributed by atoms with Crippen molar-refractivity contribution in [3.05, 3.63) is 29.8 Å². The van der Waals surface area contributed by atoms with Crippen LogP contribution < -0.4 is 0 Å². The Hall–Kier alpha value is -0.950. The summed E-state index contributed by atoms with van der Waals surface area (Å²) in [6.07, 6.45) is 5.13. The van der Waals surface area contributed by atoms with Crippen molar-refractivity contribution in [2.24, 2.45) is 0 Å². The average molecular weight is 356 g/mol. The molecule has 24 heavy (non-hydrogen) atoms. The van der Waals surface area contributed by atoms with E-state index in [-0.39, 0.29) is 24.2 Å². The van der Waals surface area contributed by atoms with E-state index >= 15 is 0 Å². The lowest BCUT2D eigenvalue weighted by Crippen LogP contribution is -2.56. The van der Waals surface area contributed by atoms with Crippen LogP contribution >= 0.6 is 0 Å². The molecule has 1 aromatic carbocycles. The van der Waals surface area contributed by atoms with E-state index in [1.165, 1.54) is 4.31 Å². The molecular formula is C18H29NO4S. The average Bonchev–Trinajstić information content (AvgIpc) is 2.58. The number of hydrogen-bond acceptors (Lipinski definition) is 4. The highest BCUT2D eigenvalue weighted by atomic mass is 32.2. The number of aliphatic hydroxyl groups excluding tert-OH is 1. The Bertz CT molecular complexity index is 600. The number of hydrogen-bond donors (Lipinski definition) is 1. The second kappa shape index (κ2) is 8.94. The predicted octanol–water partition coefficient (Wildman–Crippen LogP) is 2.72. The van der Waals surface area contributed by atoms with Gasteiger partial charge in [-0.2, -0.15) is 4.31 Å². The van der Waals surface area contributed by atoms with Crippen LogP contribution in [0.2, 0.25) is 0 Å². The fraction of sp³-hybridized carbons (Fsp3) is 0.667. The Kier molecular flexibility index (Phi) is 7.22. The zero-order chi connectivity index (χ0) is 17.6. The number of aryl methyl sites for hydroxylation is 1. The van der Waals surface area contributed by atoms with Gasteiger partial charge in [-0.3, -0.25) is 0 Å². The van der Waals surface area contributed by atoms with Crippen LogP contribution in [0.5, 0.6) is 0 Å². The molecule has 0 bridgehead atoms. The summed E-state index contributed by atoms with van der Waals surface area (Å²) in [5.41, 5.74) is 1.02. The van der Waals surface area contributed by atoms with E-state index in [1.807, 2.05) is 6.92 Å². The monoisotopic (exact) mass is 355 g/mol. The minimum absolute atomic E-state index is 0.209. The molecule has 1 saturated heterocycles. The summed E-state index contributed by atoms with van der Waals surface area (Å²) < 4.78 is 33.3. The Morgan fingerprint density at radius 2 is 1.79 bits per heavy atom. The van der Waals surface area contributed by atoms with Crippen LogP contribution in [-0.4, -0.2) is 49.7 Å². The fourth-order valence-electron chi connectivity index (χ4n) is 3.16. The number of morpholine rings is 1. The van der Waals surface area contributed by atoms with Crippen molar-refractivity contribution in [2.75, 3.05) is 19.8 Å². The zero-order valence-electron chi connectivity index (χ0n) is 14.6. The van der Waals surface area contributed by atoms with E-state index in [1.54, 1.807) is 24.3 Å². The van der Waals surface area contributed by atoms with E-state index in [4.69, 9.17) is 4.74 Å². The molecule has 1 heterocycles.